The van der Waals surface area contributed by atoms with Gasteiger partial charge in [-0.3, -0.25) is 4.79 Å². The molecule has 6 nitrogen and oxygen atoms in total. The highest BCUT2D eigenvalue weighted by Gasteiger charge is 2.29. The van der Waals surface area contributed by atoms with Crippen LogP contribution >= 0.6 is 0 Å². The second-order valence-corrected chi connectivity index (χ2v) is 9.75. The molecule has 1 saturated heterocycles. The van der Waals surface area contributed by atoms with E-state index in [-0.39, 0.29) is 18.4 Å². The van der Waals surface area contributed by atoms with Crippen LogP contribution in [0.25, 0.3) is 11.4 Å². The Labute approximate surface area is 207 Å². The summed E-state index contributed by atoms with van der Waals surface area (Å²) in [7, 11) is 0. The van der Waals surface area contributed by atoms with Crippen molar-refractivity contribution in [1.82, 2.24) is 9.97 Å². The molecule has 1 aliphatic heterocycles. The number of carbonyl (C=O) groups is 1. The van der Waals surface area contributed by atoms with E-state index in [9.17, 15) is 4.79 Å². The first kappa shape index (κ1) is 23.3. The number of carboxylic acid groups (broad SMARTS) is 1. The number of anilines is 1. The van der Waals surface area contributed by atoms with E-state index in [1.165, 1.54) is 16.7 Å². The predicted molar refractivity (Wildman–Crippen MR) is 137 cm³/mol. The van der Waals surface area contributed by atoms with Gasteiger partial charge in [0.1, 0.15) is 18.2 Å². The van der Waals surface area contributed by atoms with Gasteiger partial charge in [-0.05, 0) is 73.8 Å². The summed E-state index contributed by atoms with van der Waals surface area (Å²) in [5.41, 5.74) is 5.81. The van der Waals surface area contributed by atoms with E-state index in [1.54, 1.807) is 0 Å². The van der Waals surface area contributed by atoms with E-state index in [4.69, 9.17) is 14.8 Å². The topological polar surface area (TPSA) is 75.6 Å². The monoisotopic (exact) mass is 471 g/mol. The summed E-state index contributed by atoms with van der Waals surface area (Å²) in [6, 6.07) is 14.9. The number of hydrogen-bond donors (Lipinski definition) is 1. The largest absolute Gasteiger partial charge is 0.491 e. The Morgan fingerprint density at radius 2 is 2.00 bits per heavy atom. The van der Waals surface area contributed by atoms with Gasteiger partial charge < -0.3 is 14.7 Å². The molecule has 0 saturated carbocycles. The summed E-state index contributed by atoms with van der Waals surface area (Å²) < 4.78 is 6.26. The molecule has 0 amide bonds. The van der Waals surface area contributed by atoms with Gasteiger partial charge in [-0.25, -0.2) is 9.97 Å². The number of aryl methyl sites for hydroxylation is 3. The molecule has 1 fully saturated rings. The summed E-state index contributed by atoms with van der Waals surface area (Å²) in [4.78, 5) is 23.1. The molecule has 2 aromatic carbocycles. The number of nitrogens with zero attached hydrogens (tertiary/aromatic N) is 3. The number of hydrogen-bond acceptors (Lipinski definition) is 5. The van der Waals surface area contributed by atoms with E-state index in [1.807, 2.05) is 12.3 Å². The molecule has 1 aliphatic carbocycles. The lowest BCUT2D eigenvalue weighted by Crippen LogP contribution is -2.35. The molecule has 0 unspecified atom stereocenters. The maximum absolute atomic E-state index is 11.1. The van der Waals surface area contributed by atoms with Crippen LogP contribution in [-0.4, -0.2) is 40.2 Å². The van der Waals surface area contributed by atoms with Crippen LogP contribution in [0, 0.1) is 6.92 Å². The SMILES string of the molecule is CCc1ccc(-c2ncc(C)c(N3CCC[C@H]3COc3ccc4c(c3)CC[C@H]4CC(=O)O)n2)cc1. The molecular weight excluding hydrogens is 438 g/mol. The molecular formula is C29H33N3O3. The first-order valence-electron chi connectivity index (χ1n) is 12.7. The Balaban J connectivity index is 1.29. The second kappa shape index (κ2) is 10.1. The minimum absolute atomic E-state index is 0.120. The molecule has 6 heteroatoms. The molecule has 2 heterocycles. The average molecular weight is 472 g/mol. The van der Waals surface area contributed by atoms with E-state index in [0.29, 0.717) is 6.61 Å². The zero-order chi connectivity index (χ0) is 24.4. The Hall–Kier alpha value is -3.41. The van der Waals surface area contributed by atoms with Crippen LogP contribution in [0.1, 0.15) is 60.8 Å². The maximum Gasteiger partial charge on any atom is 0.303 e. The lowest BCUT2D eigenvalue weighted by Gasteiger charge is -2.27. The number of ether oxygens (including phenoxy) is 1. The van der Waals surface area contributed by atoms with Gasteiger partial charge in [0, 0.05) is 23.9 Å². The minimum Gasteiger partial charge on any atom is -0.491 e. The molecule has 0 radical (unpaired) electrons. The van der Waals surface area contributed by atoms with E-state index in [2.05, 4.69) is 60.1 Å². The Kier molecular flexibility index (Phi) is 6.71. The van der Waals surface area contributed by atoms with Crippen LogP contribution in [0.3, 0.4) is 0 Å². The Morgan fingerprint density at radius 3 is 2.77 bits per heavy atom. The van der Waals surface area contributed by atoms with Crippen LogP contribution in [-0.2, 0) is 17.6 Å². The number of rotatable bonds is 8. The third-order valence-electron chi connectivity index (χ3n) is 7.39. The molecule has 2 aliphatic rings. The van der Waals surface area contributed by atoms with Gasteiger partial charge in [-0.1, -0.05) is 37.3 Å². The molecule has 3 aromatic rings. The van der Waals surface area contributed by atoms with Crippen molar-refractivity contribution in [3.05, 3.63) is 70.9 Å². The smallest absolute Gasteiger partial charge is 0.303 e. The van der Waals surface area contributed by atoms with Gasteiger partial charge in [-0.15, -0.1) is 0 Å². The van der Waals surface area contributed by atoms with Crippen LogP contribution in [0.5, 0.6) is 5.75 Å². The molecule has 0 bridgehead atoms. The van der Waals surface area contributed by atoms with Crippen molar-refractivity contribution in [3.8, 4) is 17.1 Å². The molecule has 2 atom stereocenters. The van der Waals surface area contributed by atoms with Crippen molar-refractivity contribution in [2.45, 2.75) is 64.3 Å². The van der Waals surface area contributed by atoms with E-state index < -0.39 is 5.97 Å². The van der Waals surface area contributed by atoms with Gasteiger partial charge in [0.25, 0.3) is 0 Å². The fourth-order valence-electron chi connectivity index (χ4n) is 5.43. The number of carboxylic acids is 1. The van der Waals surface area contributed by atoms with Crippen molar-refractivity contribution in [1.29, 1.82) is 0 Å². The second-order valence-electron chi connectivity index (χ2n) is 9.75. The van der Waals surface area contributed by atoms with Gasteiger partial charge >= 0.3 is 5.97 Å². The van der Waals surface area contributed by atoms with Crippen LogP contribution < -0.4 is 9.64 Å². The lowest BCUT2D eigenvalue weighted by molar-refractivity contribution is -0.137. The fourth-order valence-corrected chi connectivity index (χ4v) is 5.43. The van der Waals surface area contributed by atoms with E-state index in [0.717, 1.165) is 67.2 Å². The lowest BCUT2D eigenvalue weighted by atomic mass is 9.98. The van der Waals surface area contributed by atoms with Crippen molar-refractivity contribution in [2.24, 2.45) is 0 Å². The van der Waals surface area contributed by atoms with Crippen molar-refractivity contribution in [3.63, 3.8) is 0 Å². The van der Waals surface area contributed by atoms with Crippen LogP contribution in [0.15, 0.2) is 48.7 Å². The summed E-state index contributed by atoms with van der Waals surface area (Å²) >= 11 is 0. The first-order valence-corrected chi connectivity index (χ1v) is 12.7. The molecule has 0 spiro atoms. The highest BCUT2D eigenvalue weighted by Crippen LogP contribution is 2.37. The molecule has 35 heavy (non-hydrogen) atoms. The first-order chi connectivity index (χ1) is 17.0. The zero-order valence-corrected chi connectivity index (χ0v) is 20.5. The normalized spacial score (nSPS) is 19.1. The summed E-state index contributed by atoms with van der Waals surface area (Å²) in [6.45, 7) is 5.79. The maximum atomic E-state index is 11.1. The Bertz CT molecular complexity index is 1210. The molecule has 1 aromatic heterocycles. The Morgan fingerprint density at radius 1 is 1.17 bits per heavy atom. The number of benzene rings is 2. The predicted octanol–water partition coefficient (Wildman–Crippen LogP) is 5.57. The summed E-state index contributed by atoms with van der Waals surface area (Å²) in [6.07, 6.45) is 7.14. The number of aliphatic carboxylic acids is 1. The third kappa shape index (κ3) is 5.02. The summed E-state index contributed by atoms with van der Waals surface area (Å²) in [5.74, 6) is 2.00. The van der Waals surface area contributed by atoms with Gasteiger partial charge in [0.2, 0.25) is 0 Å². The fraction of sp³-hybridized carbons (Fsp3) is 0.414. The summed E-state index contributed by atoms with van der Waals surface area (Å²) in [5, 5.41) is 9.16. The number of aromatic nitrogens is 2. The van der Waals surface area contributed by atoms with Crippen molar-refractivity contribution >= 4 is 11.8 Å². The molecule has 1 N–H and O–H groups in total. The number of fused-ring (bicyclic) bond motifs is 1. The third-order valence-corrected chi connectivity index (χ3v) is 7.39. The highest BCUT2D eigenvalue weighted by atomic mass is 16.5. The standard InChI is InChI=1S/C29H33N3O3/c1-3-20-6-8-21(9-7-20)28-30-17-19(2)29(31-28)32-14-4-5-24(32)18-35-25-12-13-26-22(15-25)10-11-23(26)16-27(33)34/h6-9,12-13,15,17,23-24H,3-5,10-11,14,16,18H2,1-2H3,(H,33,34)/t23-,24-/m0/s1. The molecule has 5 rings (SSSR count). The van der Waals surface area contributed by atoms with E-state index >= 15 is 0 Å². The van der Waals surface area contributed by atoms with Crippen LogP contribution in [0.4, 0.5) is 5.82 Å². The van der Waals surface area contributed by atoms with Crippen molar-refractivity contribution < 1.29 is 14.6 Å². The minimum atomic E-state index is -0.731. The zero-order valence-electron chi connectivity index (χ0n) is 20.5. The van der Waals surface area contributed by atoms with Gasteiger partial charge in [0.15, 0.2) is 5.82 Å². The van der Waals surface area contributed by atoms with Gasteiger partial charge in [0.05, 0.1) is 12.5 Å². The van der Waals surface area contributed by atoms with Gasteiger partial charge in [-0.2, -0.15) is 0 Å². The molecule has 182 valence electrons. The van der Waals surface area contributed by atoms with Crippen molar-refractivity contribution in [2.75, 3.05) is 18.1 Å². The average Bonchev–Trinajstić information content (AvgIpc) is 3.49. The quantitative estimate of drug-likeness (QED) is 0.463. The highest BCUT2D eigenvalue weighted by molar-refractivity contribution is 5.68. The van der Waals surface area contributed by atoms with Crippen LogP contribution in [0.2, 0.25) is 0 Å².